The standard InChI is InChI=1S/C8H12O9Si/c1-5-18(15-12-6(2)9,16-13-7(3)10)17-14-8(4)11/h5H,1H2,2-4H3. The molecule has 0 fully saturated rings. The van der Waals surface area contributed by atoms with Crippen LogP contribution in [-0.2, 0) is 42.8 Å². The van der Waals surface area contributed by atoms with Gasteiger partial charge < -0.3 is 14.7 Å². The highest BCUT2D eigenvalue weighted by atomic mass is 28.4. The average Bonchev–Trinajstić information content (AvgIpc) is 2.28. The summed E-state index contributed by atoms with van der Waals surface area (Å²) in [5, 5.41) is 0. The zero-order valence-electron chi connectivity index (χ0n) is 9.96. The van der Waals surface area contributed by atoms with Gasteiger partial charge in [0.05, 0.1) is 0 Å². The first-order chi connectivity index (χ1) is 8.31. The number of rotatable bonds is 7. The highest BCUT2D eigenvalue weighted by Crippen LogP contribution is 2.13. The normalized spacial score (nSPS) is 10.4. The third kappa shape index (κ3) is 6.75. The van der Waals surface area contributed by atoms with Crippen LogP contribution in [0.3, 0.4) is 0 Å². The Morgan fingerprint density at radius 3 is 1.28 bits per heavy atom. The van der Waals surface area contributed by atoms with E-state index >= 15 is 0 Å². The van der Waals surface area contributed by atoms with Gasteiger partial charge in [0.2, 0.25) is 0 Å². The lowest BCUT2D eigenvalue weighted by molar-refractivity contribution is -0.324. The molecule has 0 saturated carbocycles. The Labute approximate surface area is 103 Å². The van der Waals surface area contributed by atoms with Crippen LogP contribution in [0.2, 0.25) is 0 Å². The summed E-state index contributed by atoms with van der Waals surface area (Å²) >= 11 is 0. The van der Waals surface area contributed by atoms with Crippen molar-refractivity contribution in [3.63, 3.8) is 0 Å². The van der Waals surface area contributed by atoms with E-state index in [-0.39, 0.29) is 0 Å². The first-order valence-corrected chi connectivity index (χ1v) is 6.34. The Morgan fingerprint density at radius 2 is 1.11 bits per heavy atom. The zero-order chi connectivity index (χ0) is 14.2. The molecule has 0 aromatic heterocycles. The molecule has 0 atom stereocenters. The molecule has 10 heteroatoms. The van der Waals surface area contributed by atoms with Gasteiger partial charge in [-0.3, -0.25) is 0 Å². The Morgan fingerprint density at radius 1 is 0.833 bits per heavy atom. The third-order valence-electron chi connectivity index (χ3n) is 1.08. The van der Waals surface area contributed by atoms with E-state index in [4.69, 9.17) is 0 Å². The summed E-state index contributed by atoms with van der Waals surface area (Å²) in [6.07, 6.45) is 0. The predicted molar refractivity (Wildman–Crippen MR) is 54.5 cm³/mol. The van der Waals surface area contributed by atoms with Crippen LogP contribution in [0.15, 0.2) is 12.3 Å². The Hall–Kier alpha value is -1.75. The van der Waals surface area contributed by atoms with Crippen LogP contribution in [0.5, 0.6) is 0 Å². The fourth-order valence-corrected chi connectivity index (χ4v) is 1.48. The first-order valence-electron chi connectivity index (χ1n) is 4.53. The van der Waals surface area contributed by atoms with Gasteiger partial charge in [0.1, 0.15) is 0 Å². The van der Waals surface area contributed by atoms with Gasteiger partial charge in [0.25, 0.3) is 0 Å². The maximum absolute atomic E-state index is 10.6. The maximum Gasteiger partial charge on any atom is 0.644 e. The van der Waals surface area contributed by atoms with Crippen molar-refractivity contribution in [1.82, 2.24) is 0 Å². The van der Waals surface area contributed by atoms with E-state index in [2.05, 4.69) is 35.0 Å². The largest absolute Gasteiger partial charge is 0.644 e. The van der Waals surface area contributed by atoms with Gasteiger partial charge in [-0.1, -0.05) is 6.58 Å². The molecule has 0 spiro atoms. The molecular weight excluding hydrogens is 268 g/mol. The molecule has 18 heavy (non-hydrogen) atoms. The number of hydrogen-bond donors (Lipinski definition) is 0. The maximum atomic E-state index is 10.6. The van der Waals surface area contributed by atoms with Gasteiger partial charge in [0.15, 0.2) is 0 Å². The molecule has 0 amide bonds. The van der Waals surface area contributed by atoms with Crippen LogP contribution in [0.25, 0.3) is 0 Å². The van der Waals surface area contributed by atoms with E-state index in [1.54, 1.807) is 0 Å². The van der Waals surface area contributed by atoms with Crippen LogP contribution in [-0.4, -0.2) is 26.7 Å². The van der Waals surface area contributed by atoms with E-state index in [1.807, 2.05) is 0 Å². The number of carbonyl (C=O) groups is 3. The van der Waals surface area contributed by atoms with Crippen LogP contribution >= 0.6 is 0 Å². The van der Waals surface area contributed by atoms with E-state index in [9.17, 15) is 14.4 Å². The smallest absolute Gasteiger partial charge is 0.304 e. The first kappa shape index (κ1) is 16.2. The number of carbonyl (C=O) groups excluding carboxylic acids is 3. The molecule has 0 bridgehead atoms. The Bertz CT molecular complexity index is 294. The molecule has 0 aromatic rings. The van der Waals surface area contributed by atoms with Crippen molar-refractivity contribution in [2.75, 3.05) is 0 Å². The van der Waals surface area contributed by atoms with Crippen LogP contribution in [0, 0.1) is 0 Å². The molecule has 0 aromatic carbocycles. The second-order valence-electron chi connectivity index (χ2n) is 2.78. The molecule has 0 aliphatic carbocycles. The van der Waals surface area contributed by atoms with Crippen molar-refractivity contribution >= 4 is 26.7 Å². The van der Waals surface area contributed by atoms with Gasteiger partial charge in [-0.05, 0) is 5.70 Å². The fraction of sp³-hybridized carbons (Fsp3) is 0.375. The Kier molecular flexibility index (Phi) is 6.81. The second-order valence-corrected chi connectivity index (χ2v) is 4.90. The molecule has 9 nitrogen and oxygen atoms in total. The topological polar surface area (TPSA) is 107 Å². The van der Waals surface area contributed by atoms with Gasteiger partial charge in [-0.15, -0.1) is 0 Å². The van der Waals surface area contributed by atoms with Gasteiger partial charge in [-0.2, -0.15) is 13.7 Å². The van der Waals surface area contributed by atoms with Crippen molar-refractivity contribution < 1.29 is 42.8 Å². The summed E-state index contributed by atoms with van der Waals surface area (Å²) in [6.45, 7) is 6.40. The minimum absolute atomic E-state index is 0.827. The summed E-state index contributed by atoms with van der Waals surface area (Å²) in [6, 6.07) is 0. The monoisotopic (exact) mass is 280 g/mol. The minimum atomic E-state index is -4.02. The van der Waals surface area contributed by atoms with Crippen molar-refractivity contribution in [3.8, 4) is 0 Å². The molecular formula is C8H12O9Si. The van der Waals surface area contributed by atoms with Crippen molar-refractivity contribution in [1.29, 1.82) is 0 Å². The molecule has 102 valence electrons. The van der Waals surface area contributed by atoms with Gasteiger partial charge >= 0.3 is 26.7 Å². The summed E-state index contributed by atoms with van der Waals surface area (Å²) in [5.41, 5.74) is 0.918. The molecule has 0 radical (unpaired) electrons. The SMILES string of the molecule is C=C[Si](OOC(C)=O)(OOC(C)=O)OOC(C)=O. The van der Waals surface area contributed by atoms with Crippen molar-refractivity contribution in [3.05, 3.63) is 12.3 Å². The lowest BCUT2D eigenvalue weighted by atomic mass is 10.9. The number of hydrogen-bond acceptors (Lipinski definition) is 9. The predicted octanol–water partition coefficient (Wildman–Crippen LogP) is 0.135. The minimum Gasteiger partial charge on any atom is -0.304 e. The summed E-state index contributed by atoms with van der Waals surface area (Å²) in [7, 11) is -4.02. The van der Waals surface area contributed by atoms with E-state index in [1.165, 1.54) is 0 Å². The van der Waals surface area contributed by atoms with E-state index in [0.717, 1.165) is 26.5 Å². The molecule has 0 rings (SSSR count). The quantitative estimate of drug-likeness (QED) is 0.365. The second kappa shape index (κ2) is 7.55. The summed E-state index contributed by atoms with van der Waals surface area (Å²) in [5.74, 6) is -2.48. The zero-order valence-corrected chi connectivity index (χ0v) is 11.0. The highest BCUT2D eigenvalue weighted by molar-refractivity contribution is 6.65. The summed E-state index contributed by atoms with van der Waals surface area (Å²) < 4.78 is 13.5. The molecule has 0 unspecified atom stereocenters. The van der Waals surface area contributed by atoms with Crippen LogP contribution in [0.1, 0.15) is 20.8 Å². The molecule has 0 aliphatic rings. The molecule has 0 saturated heterocycles. The fourth-order valence-electron chi connectivity index (χ4n) is 0.494. The lowest BCUT2D eigenvalue weighted by Gasteiger charge is -2.19. The molecule has 0 N–H and O–H groups in total. The average molecular weight is 280 g/mol. The van der Waals surface area contributed by atoms with Crippen molar-refractivity contribution in [2.24, 2.45) is 0 Å². The lowest BCUT2D eigenvalue weighted by Crippen LogP contribution is -2.45. The van der Waals surface area contributed by atoms with Gasteiger partial charge in [-0.25, -0.2) is 14.4 Å². The van der Waals surface area contributed by atoms with Crippen molar-refractivity contribution in [2.45, 2.75) is 20.8 Å². The van der Waals surface area contributed by atoms with Crippen LogP contribution < -0.4 is 0 Å². The molecule has 0 aliphatic heterocycles. The third-order valence-corrected chi connectivity index (χ3v) is 2.52. The Balaban J connectivity index is 4.69. The molecule has 0 heterocycles. The van der Waals surface area contributed by atoms with Crippen LogP contribution in [0.4, 0.5) is 0 Å². The van der Waals surface area contributed by atoms with Gasteiger partial charge in [0, 0.05) is 20.8 Å². The van der Waals surface area contributed by atoms with E-state index in [0.29, 0.717) is 0 Å². The van der Waals surface area contributed by atoms with E-state index < -0.39 is 26.7 Å². The summed E-state index contributed by atoms with van der Waals surface area (Å²) in [4.78, 5) is 44.3. The highest BCUT2D eigenvalue weighted by Gasteiger charge is 2.48.